The average molecular weight is 415 g/mol. The zero-order valence-corrected chi connectivity index (χ0v) is 17.9. The van der Waals surface area contributed by atoms with Crippen LogP contribution >= 0.6 is 11.3 Å². The summed E-state index contributed by atoms with van der Waals surface area (Å²) in [5, 5.41) is 12.4. The van der Waals surface area contributed by atoms with Crippen LogP contribution in [0.1, 0.15) is 35.1 Å². The SMILES string of the molecule is CC(C)Oc1ccc([C@@H]2C(C(=O)c3cccs3)=C(O)C(=O)N2CCN(C)C)cc1. The van der Waals surface area contributed by atoms with Gasteiger partial charge in [-0.25, -0.2) is 0 Å². The second-order valence-electron chi connectivity index (χ2n) is 7.51. The number of ether oxygens (including phenoxy) is 1. The molecule has 0 unspecified atom stereocenters. The summed E-state index contributed by atoms with van der Waals surface area (Å²) in [5.41, 5.74) is 0.894. The Bertz CT molecular complexity index is 901. The minimum Gasteiger partial charge on any atom is -0.503 e. The Morgan fingerprint density at radius 2 is 1.93 bits per heavy atom. The van der Waals surface area contributed by atoms with Crippen molar-refractivity contribution in [3.05, 3.63) is 63.6 Å². The Kier molecular flexibility index (Phi) is 6.39. The molecule has 0 fully saturated rings. The molecule has 29 heavy (non-hydrogen) atoms. The van der Waals surface area contributed by atoms with Crippen molar-refractivity contribution < 1.29 is 19.4 Å². The molecule has 0 radical (unpaired) electrons. The van der Waals surface area contributed by atoms with E-state index in [4.69, 9.17) is 4.74 Å². The zero-order chi connectivity index (χ0) is 21.1. The summed E-state index contributed by atoms with van der Waals surface area (Å²) >= 11 is 1.29. The molecular weight excluding hydrogens is 388 g/mol. The van der Waals surface area contributed by atoms with Crippen molar-refractivity contribution in [2.75, 3.05) is 27.2 Å². The predicted molar refractivity (Wildman–Crippen MR) is 114 cm³/mol. The van der Waals surface area contributed by atoms with Gasteiger partial charge in [0.1, 0.15) is 5.75 Å². The monoisotopic (exact) mass is 414 g/mol. The molecular formula is C22H26N2O4S. The van der Waals surface area contributed by atoms with E-state index in [-0.39, 0.29) is 17.5 Å². The molecule has 7 heteroatoms. The van der Waals surface area contributed by atoms with Gasteiger partial charge in [-0.1, -0.05) is 18.2 Å². The summed E-state index contributed by atoms with van der Waals surface area (Å²) < 4.78 is 5.70. The number of carbonyl (C=O) groups is 2. The van der Waals surface area contributed by atoms with Crippen LogP contribution in [0.4, 0.5) is 0 Å². The van der Waals surface area contributed by atoms with Gasteiger partial charge in [0.05, 0.1) is 22.6 Å². The minimum atomic E-state index is -0.634. The van der Waals surface area contributed by atoms with E-state index in [2.05, 4.69) is 0 Å². The molecule has 2 aromatic rings. The normalized spacial score (nSPS) is 17.0. The Balaban J connectivity index is 2.00. The maximum absolute atomic E-state index is 13.1. The lowest BCUT2D eigenvalue weighted by atomic mass is 9.95. The van der Waals surface area contributed by atoms with Crippen LogP contribution in [0.2, 0.25) is 0 Å². The summed E-state index contributed by atoms with van der Waals surface area (Å²) in [7, 11) is 3.83. The van der Waals surface area contributed by atoms with Crippen molar-refractivity contribution >= 4 is 23.0 Å². The lowest BCUT2D eigenvalue weighted by molar-refractivity contribution is -0.129. The smallest absolute Gasteiger partial charge is 0.290 e. The number of carbonyl (C=O) groups excluding carboxylic acids is 2. The Morgan fingerprint density at radius 1 is 1.24 bits per heavy atom. The molecule has 6 nitrogen and oxygen atoms in total. The molecule has 1 aliphatic heterocycles. The summed E-state index contributed by atoms with van der Waals surface area (Å²) in [4.78, 5) is 30.0. The predicted octanol–water partition coefficient (Wildman–Crippen LogP) is 3.68. The van der Waals surface area contributed by atoms with Gasteiger partial charge in [0.25, 0.3) is 5.91 Å². The number of nitrogens with zero attached hydrogens (tertiary/aromatic N) is 2. The second kappa shape index (κ2) is 8.80. The quantitative estimate of drug-likeness (QED) is 0.668. The van der Waals surface area contributed by atoms with Gasteiger partial charge < -0.3 is 19.6 Å². The van der Waals surface area contributed by atoms with Crippen LogP contribution in [-0.4, -0.2) is 59.9 Å². The molecule has 0 saturated carbocycles. The average Bonchev–Trinajstić information content (AvgIpc) is 3.28. The summed E-state index contributed by atoms with van der Waals surface area (Å²) in [6.07, 6.45) is 0.0467. The maximum atomic E-state index is 13.1. The lowest BCUT2D eigenvalue weighted by Gasteiger charge is -2.28. The van der Waals surface area contributed by atoms with E-state index in [0.29, 0.717) is 23.7 Å². The standard InChI is InChI=1S/C22H26N2O4S/c1-14(2)28-16-9-7-15(8-10-16)19-18(20(25)17-6-5-13-29-17)21(26)22(27)24(19)12-11-23(3)4/h5-10,13-14,19,26H,11-12H2,1-4H3/t19-/m1/s1. The second-order valence-corrected chi connectivity index (χ2v) is 8.46. The van der Waals surface area contributed by atoms with Crippen LogP contribution in [0.3, 0.4) is 0 Å². The van der Waals surface area contributed by atoms with E-state index >= 15 is 0 Å². The highest BCUT2D eigenvalue weighted by molar-refractivity contribution is 7.12. The molecule has 3 rings (SSSR count). The first kappa shape index (κ1) is 21.1. The first-order valence-electron chi connectivity index (χ1n) is 9.53. The largest absolute Gasteiger partial charge is 0.503 e. The molecule has 0 bridgehead atoms. The summed E-state index contributed by atoms with van der Waals surface area (Å²) in [6.45, 7) is 4.91. The highest BCUT2D eigenvalue weighted by Gasteiger charge is 2.43. The van der Waals surface area contributed by atoms with Gasteiger partial charge in [-0.2, -0.15) is 0 Å². The molecule has 154 valence electrons. The van der Waals surface area contributed by atoms with Gasteiger partial charge >= 0.3 is 0 Å². The van der Waals surface area contributed by atoms with Crippen molar-refractivity contribution in [3.8, 4) is 5.75 Å². The molecule has 1 aromatic carbocycles. The van der Waals surface area contributed by atoms with Crippen LogP contribution in [0, 0.1) is 0 Å². The van der Waals surface area contributed by atoms with Crippen molar-refractivity contribution in [1.82, 2.24) is 9.80 Å². The fourth-order valence-corrected chi connectivity index (χ4v) is 3.99. The summed E-state index contributed by atoms with van der Waals surface area (Å²) in [5.74, 6) is -0.577. The van der Waals surface area contributed by atoms with Gasteiger partial charge in [-0.3, -0.25) is 9.59 Å². The van der Waals surface area contributed by atoms with Crippen molar-refractivity contribution in [1.29, 1.82) is 0 Å². The molecule has 1 atom stereocenters. The highest BCUT2D eigenvalue weighted by Crippen LogP contribution is 2.39. The third-order valence-electron chi connectivity index (χ3n) is 4.65. The number of likely N-dealkylation sites (N-methyl/N-ethyl adjacent to an activating group) is 1. The molecule has 0 spiro atoms. The number of aliphatic hydroxyl groups is 1. The number of benzene rings is 1. The fourth-order valence-electron chi connectivity index (χ4n) is 3.31. The third kappa shape index (κ3) is 4.52. The van der Waals surface area contributed by atoms with Gasteiger partial charge in [-0.05, 0) is 57.1 Å². The van der Waals surface area contributed by atoms with E-state index in [1.807, 2.05) is 57.1 Å². The molecule has 2 heterocycles. The Hall–Kier alpha value is -2.64. The van der Waals surface area contributed by atoms with Crippen LogP contribution in [-0.2, 0) is 4.79 Å². The Morgan fingerprint density at radius 3 is 2.48 bits per heavy atom. The highest BCUT2D eigenvalue weighted by atomic mass is 32.1. The number of thiophene rings is 1. The first-order valence-corrected chi connectivity index (χ1v) is 10.4. The van der Waals surface area contributed by atoms with Gasteiger partial charge in [0.2, 0.25) is 5.78 Å². The van der Waals surface area contributed by atoms with Crippen molar-refractivity contribution in [3.63, 3.8) is 0 Å². The molecule has 1 aliphatic rings. The molecule has 1 N–H and O–H groups in total. The molecule has 0 saturated heterocycles. The van der Waals surface area contributed by atoms with Gasteiger partial charge in [0.15, 0.2) is 5.76 Å². The van der Waals surface area contributed by atoms with E-state index in [1.54, 1.807) is 22.4 Å². The van der Waals surface area contributed by atoms with E-state index in [1.165, 1.54) is 11.3 Å². The fraction of sp³-hybridized carbons (Fsp3) is 0.364. The number of rotatable bonds is 8. The van der Waals surface area contributed by atoms with E-state index in [0.717, 1.165) is 5.56 Å². The third-order valence-corrected chi connectivity index (χ3v) is 5.52. The number of hydrogen-bond acceptors (Lipinski definition) is 6. The number of Topliss-reactive ketones (excluding diaryl/α,β-unsaturated/α-hetero) is 1. The number of amides is 1. The molecule has 1 aromatic heterocycles. The van der Waals surface area contributed by atoms with Crippen molar-refractivity contribution in [2.24, 2.45) is 0 Å². The van der Waals surface area contributed by atoms with Gasteiger partial charge in [-0.15, -0.1) is 11.3 Å². The topological polar surface area (TPSA) is 70.1 Å². The maximum Gasteiger partial charge on any atom is 0.290 e. The minimum absolute atomic E-state index is 0.0467. The number of aliphatic hydroxyl groups excluding tert-OH is 1. The van der Waals surface area contributed by atoms with Gasteiger partial charge in [0, 0.05) is 13.1 Å². The molecule has 1 amide bonds. The zero-order valence-electron chi connectivity index (χ0n) is 17.1. The van der Waals surface area contributed by atoms with Crippen LogP contribution < -0.4 is 4.74 Å². The van der Waals surface area contributed by atoms with Crippen molar-refractivity contribution in [2.45, 2.75) is 26.0 Å². The van der Waals surface area contributed by atoms with E-state index in [9.17, 15) is 14.7 Å². The summed E-state index contributed by atoms with van der Waals surface area (Å²) in [6, 6.07) is 10.2. The lowest BCUT2D eigenvalue weighted by Crippen LogP contribution is -2.36. The number of hydrogen-bond donors (Lipinski definition) is 1. The van der Waals surface area contributed by atoms with E-state index < -0.39 is 17.7 Å². The first-order chi connectivity index (χ1) is 13.8. The van der Waals surface area contributed by atoms with Crippen LogP contribution in [0.15, 0.2) is 53.1 Å². The number of ketones is 1. The van der Waals surface area contributed by atoms with Crippen LogP contribution in [0.5, 0.6) is 5.75 Å². The Labute approximate surface area is 175 Å². The molecule has 0 aliphatic carbocycles. The van der Waals surface area contributed by atoms with Crippen LogP contribution in [0.25, 0.3) is 0 Å².